The van der Waals surface area contributed by atoms with Crippen molar-refractivity contribution in [1.29, 1.82) is 0 Å². The van der Waals surface area contributed by atoms with Crippen molar-refractivity contribution < 1.29 is 9.63 Å². The normalized spacial score (nSPS) is 19.6. The van der Waals surface area contributed by atoms with Crippen LogP contribution in [-0.2, 0) is 6.54 Å². The van der Waals surface area contributed by atoms with E-state index in [1.54, 1.807) is 0 Å². The Labute approximate surface area is 161 Å². The first-order chi connectivity index (χ1) is 13.1. The number of aliphatic hydroxyl groups is 1. The quantitative estimate of drug-likeness (QED) is 0.808. The maximum absolute atomic E-state index is 9.96. The van der Waals surface area contributed by atoms with E-state index in [9.17, 15) is 5.11 Å². The molecule has 1 aliphatic carbocycles. The Hall–Kier alpha value is -1.89. The molecule has 146 valence electrons. The number of piperazine rings is 1. The number of aromatic nitrogens is 1. The minimum absolute atomic E-state index is 0.335. The van der Waals surface area contributed by atoms with Gasteiger partial charge in [-0.25, -0.2) is 0 Å². The second-order valence-electron chi connectivity index (χ2n) is 7.98. The Balaban J connectivity index is 1.66. The molecule has 6 nitrogen and oxygen atoms in total. The van der Waals surface area contributed by atoms with E-state index in [2.05, 4.69) is 39.0 Å². The fourth-order valence-electron chi connectivity index (χ4n) is 3.85. The summed E-state index contributed by atoms with van der Waals surface area (Å²) in [6.07, 6.45) is 2.09. The van der Waals surface area contributed by atoms with Gasteiger partial charge in [0.2, 0.25) is 5.88 Å². The molecule has 2 aromatic rings. The number of aliphatic hydroxyl groups excluding tert-OH is 1. The summed E-state index contributed by atoms with van der Waals surface area (Å²) in [6, 6.07) is 10.8. The standard InChI is InChI=1S/C21H30N4O2/c1-16(26)14-25(18-8-9-18)15-19-20(17-6-4-3-5-7-17)22-27-21(19)24-12-10-23(2)11-13-24/h3-7,16,18,26H,8-15H2,1-2H3. The molecule has 1 N–H and O–H groups in total. The highest BCUT2D eigenvalue weighted by Crippen LogP contribution is 2.36. The van der Waals surface area contributed by atoms with Crippen LogP contribution in [0.2, 0.25) is 0 Å². The molecule has 0 radical (unpaired) electrons. The second-order valence-corrected chi connectivity index (χ2v) is 7.98. The number of hydrogen-bond donors (Lipinski definition) is 1. The molecule has 4 rings (SSSR count). The molecule has 1 aromatic heterocycles. The molecule has 2 heterocycles. The van der Waals surface area contributed by atoms with Crippen molar-refractivity contribution in [3.05, 3.63) is 35.9 Å². The van der Waals surface area contributed by atoms with Crippen molar-refractivity contribution in [1.82, 2.24) is 15.0 Å². The van der Waals surface area contributed by atoms with E-state index in [4.69, 9.17) is 4.52 Å². The van der Waals surface area contributed by atoms with Gasteiger partial charge in [0, 0.05) is 50.9 Å². The lowest BCUT2D eigenvalue weighted by Crippen LogP contribution is -2.45. The van der Waals surface area contributed by atoms with E-state index in [1.807, 2.05) is 25.1 Å². The van der Waals surface area contributed by atoms with Gasteiger partial charge in [0.25, 0.3) is 0 Å². The molecule has 1 saturated carbocycles. The van der Waals surface area contributed by atoms with Gasteiger partial charge in [-0.3, -0.25) is 4.90 Å². The van der Waals surface area contributed by atoms with Crippen LogP contribution in [-0.4, -0.2) is 72.0 Å². The van der Waals surface area contributed by atoms with Crippen LogP contribution in [0.4, 0.5) is 5.88 Å². The molecule has 2 fully saturated rings. The van der Waals surface area contributed by atoms with Crippen LogP contribution in [0.25, 0.3) is 11.3 Å². The molecule has 1 atom stereocenters. The van der Waals surface area contributed by atoms with Gasteiger partial charge in [0.05, 0.1) is 11.7 Å². The maximum atomic E-state index is 9.96. The summed E-state index contributed by atoms with van der Waals surface area (Å²) in [4.78, 5) is 7.06. The highest BCUT2D eigenvalue weighted by Gasteiger charge is 2.33. The van der Waals surface area contributed by atoms with Crippen LogP contribution >= 0.6 is 0 Å². The lowest BCUT2D eigenvalue weighted by atomic mass is 10.1. The number of anilines is 1. The lowest BCUT2D eigenvalue weighted by Gasteiger charge is -2.33. The average molecular weight is 370 g/mol. The summed E-state index contributed by atoms with van der Waals surface area (Å²) < 4.78 is 5.90. The Morgan fingerprint density at radius 1 is 1.19 bits per heavy atom. The van der Waals surface area contributed by atoms with E-state index in [0.29, 0.717) is 12.6 Å². The number of likely N-dealkylation sites (N-methyl/N-ethyl adjacent to an activating group) is 1. The first-order valence-corrected chi connectivity index (χ1v) is 10.0. The molecular formula is C21H30N4O2. The van der Waals surface area contributed by atoms with E-state index < -0.39 is 0 Å². The van der Waals surface area contributed by atoms with Gasteiger partial charge in [0.15, 0.2) is 0 Å². The number of benzene rings is 1. The second kappa shape index (κ2) is 8.00. The third kappa shape index (κ3) is 4.34. The zero-order valence-electron chi connectivity index (χ0n) is 16.3. The van der Waals surface area contributed by atoms with Crippen LogP contribution in [0.3, 0.4) is 0 Å². The predicted molar refractivity (Wildman–Crippen MR) is 107 cm³/mol. The van der Waals surface area contributed by atoms with Crippen LogP contribution in [0.5, 0.6) is 0 Å². The molecule has 1 unspecified atom stereocenters. The van der Waals surface area contributed by atoms with Crippen LogP contribution in [0, 0.1) is 0 Å². The molecule has 0 bridgehead atoms. The third-order valence-electron chi connectivity index (χ3n) is 5.53. The van der Waals surface area contributed by atoms with Crippen molar-refractivity contribution in [2.24, 2.45) is 0 Å². The van der Waals surface area contributed by atoms with Crippen LogP contribution in [0.15, 0.2) is 34.9 Å². The molecule has 27 heavy (non-hydrogen) atoms. The topological polar surface area (TPSA) is 56.0 Å². The Morgan fingerprint density at radius 3 is 2.52 bits per heavy atom. The van der Waals surface area contributed by atoms with E-state index >= 15 is 0 Å². The average Bonchev–Trinajstić information content (AvgIpc) is 3.43. The van der Waals surface area contributed by atoms with Crippen LogP contribution < -0.4 is 4.90 Å². The third-order valence-corrected chi connectivity index (χ3v) is 5.53. The smallest absolute Gasteiger partial charge is 0.232 e. The Morgan fingerprint density at radius 2 is 1.89 bits per heavy atom. The SMILES string of the molecule is CC(O)CN(Cc1c(-c2ccccc2)noc1N1CCN(C)CC1)C1CC1. The zero-order valence-corrected chi connectivity index (χ0v) is 16.3. The Bertz CT molecular complexity index is 734. The number of nitrogens with zero attached hydrogens (tertiary/aromatic N) is 4. The van der Waals surface area contributed by atoms with Gasteiger partial charge in [-0.1, -0.05) is 35.5 Å². The molecule has 1 aliphatic heterocycles. The molecular weight excluding hydrogens is 340 g/mol. The monoisotopic (exact) mass is 370 g/mol. The van der Waals surface area contributed by atoms with Crippen molar-refractivity contribution in [2.45, 2.75) is 38.5 Å². The molecule has 0 spiro atoms. The fraction of sp³-hybridized carbons (Fsp3) is 0.571. The lowest BCUT2D eigenvalue weighted by molar-refractivity contribution is 0.117. The van der Waals surface area contributed by atoms with Gasteiger partial charge in [0.1, 0.15) is 5.69 Å². The summed E-state index contributed by atoms with van der Waals surface area (Å²) in [5, 5.41) is 14.4. The van der Waals surface area contributed by atoms with E-state index in [0.717, 1.165) is 55.4 Å². The maximum Gasteiger partial charge on any atom is 0.232 e. The molecule has 0 amide bonds. The van der Waals surface area contributed by atoms with Crippen LogP contribution in [0.1, 0.15) is 25.3 Å². The minimum Gasteiger partial charge on any atom is -0.392 e. The number of rotatable bonds is 7. The Kier molecular flexibility index (Phi) is 5.48. The first-order valence-electron chi connectivity index (χ1n) is 10.0. The molecule has 2 aliphatic rings. The summed E-state index contributed by atoms with van der Waals surface area (Å²) in [7, 11) is 2.16. The van der Waals surface area contributed by atoms with Crippen molar-refractivity contribution in [3.8, 4) is 11.3 Å². The summed E-state index contributed by atoms with van der Waals surface area (Å²) in [5.74, 6) is 0.901. The minimum atomic E-state index is -0.335. The highest BCUT2D eigenvalue weighted by atomic mass is 16.5. The zero-order chi connectivity index (χ0) is 18.8. The molecule has 1 aromatic carbocycles. The van der Waals surface area contributed by atoms with Gasteiger partial charge < -0.3 is 19.4 Å². The van der Waals surface area contributed by atoms with Crippen molar-refractivity contribution in [2.75, 3.05) is 44.7 Å². The van der Waals surface area contributed by atoms with Crippen molar-refractivity contribution in [3.63, 3.8) is 0 Å². The fourth-order valence-corrected chi connectivity index (χ4v) is 3.85. The number of hydrogen-bond acceptors (Lipinski definition) is 6. The molecule has 1 saturated heterocycles. The summed E-state index contributed by atoms with van der Waals surface area (Å²) in [5.41, 5.74) is 3.17. The van der Waals surface area contributed by atoms with Crippen molar-refractivity contribution >= 4 is 5.88 Å². The van der Waals surface area contributed by atoms with E-state index in [1.165, 1.54) is 12.8 Å². The van der Waals surface area contributed by atoms with Gasteiger partial charge in [-0.05, 0) is 26.8 Å². The molecule has 6 heteroatoms. The summed E-state index contributed by atoms with van der Waals surface area (Å²) in [6.45, 7) is 7.28. The van der Waals surface area contributed by atoms with Gasteiger partial charge >= 0.3 is 0 Å². The van der Waals surface area contributed by atoms with E-state index in [-0.39, 0.29) is 6.10 Å². The predicted octanol–water partition coefficient (Wildman–Crippen LogP) is 2.44. The summed E-state index contributed by atoms with van der Waals surface area (Å²) >= 11 is 0. The van der Waals surface area contributed by atoms with Gasteiger partial charge in [-0.2, -0.15) is 0 Å². The highest BCUT2D eigenvalue weighted by molar-refractivity contribution is 5.68. The first kappa shape index (κ1) is 18.5. The van der Waals surface area contributed by atoms with Gasteiger partial charge in [-0.15, -0.1) is 0 Å². The largest absolute Gasteiger partial charge is 0.392 e.